The van der Waals surface area contributed by atoms with Gasteiger partial charge in [0.1, 0.15) is 0 Å². The largest absolute Gasteiger partial charge is 0.390 e. The van der Waals surface area contributed by atoms with Crippen molar-refractivity contribution in [1.82, 2.24) is 0 Å². The highest BCUT2D eigenvalue weighted by Crippen LogP contribution is 2.40. The predicted molar refractivity (Wildman–Crippen MR) is 60.7 cm³/mol. The molecule has 0 saturated heterocycles. The summed E-state index contributed by atoms with van der Waals surface area (Å²) >= 11 is 0. The van der Waals surface area contributed by atoms with Crippen molar-refractivity contribution in [2.24, 2.45) is 0 Å². The molecule has 0 amide bonds. The van der Waals surface area contributed by atoms with Crippen molar-refractivity contribution in [2.45, 2.75) is 37.4 Å². The lowest BCUT2D eigenvalue weighted by atomic mass is 9.77. The summed E-state index contributed by atoms with van der Waals surface area (Å²) < 4.78 is 0. The first-order chi connectivity index (χ1) is 8.15. The van der Waals surface area contributed by atoms with Crippen LogP contribution in [0.2, 0.25) is 0 Å². The van der Waals surface area contributed by atoms with E-state index in [1.165, 1.54) is 0 Å². The van der Waals surface area contributed by atoms with Crippen molar-refractivity contribution < 1.29 is 15.0 Å². The van der Waals surface area contributed by atoms with Gasteiger partial charge in [0, 0.05) is 0 Å². The Morgan fingerprint density at radius 1 is 1.35 bits per heavy atom. The molecule has 0 aliphatic heterocycles. The summed E-state index contributed by atoms with van der Waals surface area (Å²) in [7, 11) is 0. The van der Waals surface area contributed by atoms with Gasteiger partial charge in [-0.25, -0.2) is 0 Å². The minimum Gasteiger partial charge on any atom is -0.390 e. The second kappa shape index (κ2) is 4.71. The fourth-order valence-corrected chi connectivity index (χ4v) is 2.47. The quantitative estimate of drug-likeness (QED) is 0.644. The van der Waals surface area contributed by atoms with Crippen LogP contribution in [0.15, 0.2) is 30.3 Å². The summed E-state index contributed by atoms with van der Waals surface area (Å²) in [6.07, 6.45) is 1.86. The second-order valence-corrected chi connectivity index (χ2v) is 4.33. The van der Waals surface area contributed by atoms with Crippen LogP contribution in [0, 0.1) is 10.1 Å². The van der Waals surface area contributed by atoms with Gasteiger partial charge in [0.2, 0.25) is 0 Å². The standard InChI is InChI=1S/C12H15NO4/c14-11-8-4-5-9-12(11,17-13(15)16)10-6-2-1-3-7-10/h1-3,6-7,11,14H,4-5,8-9H2/t11-,12-/m1/s1. The average molecular weight is 237 g/mol. The van der Waals surface area contributed by atoms with E-state index in [1.54, 1.807) is 24.3 Å². The van der Waals surface area contributed by atoms with E-state index >= 15 is 0 Å². The third-order valence-electron chi connectivity index (χ3n) is 3.31. The summed E-state index contributed by atoms with van der Waals surface area (Å²) in [5.41, 5.74) is -0.521. The van der Waals surface area contributed by atoms with Crippen LogP contribution in [0.4, 0.5) is 0 Å². The zero-order chi connectivity index (χ0) is 12.3. The van der Waals surface area contributed by atoms with E-state index in [0.717, 1.165) is 12.8 Å². The topological polar surface area (TPSA) is 72.6 Å². The summed E-state index contributed by atoms with van der Waals surface area (Å²) in [6.45, 7) is 0. The van der Waals surface area contributed by atoms with E-state index in [2.05, 4.69) is 0 Å². The molecule has 0 radical (unpaired) electrons. The van der Waals surface area contributed by atoms with Gasteiger partial charge in [-0.1, -0.05) is 43.2 Å². The Balaban J connectivity index is 2.39. The molecule has 17 heavy (non-hydrogen) atoms. The summed E-state index contributed by atoms with van der Waals surface area (Å²) in [5, 5.41) is 20.0. The van der Waals surface area contributed by atoms with Crippen LogP contribution in [0.25, 0.3) is 0 Å². The Hall–Kier alpha value is -1.62. The first-order valence-electron chi connectivity index (χ1n) is 5.72. The molecule has 0 unspecified atom stereocenters. The smallest absolute Gasteiger partial charge is 0.295 e. The number of aliphatic hydroxyl groups excluding tert-OH is 1. The van der Waals surface area contributed by atoms with Gasteiger partial charge in [-0.2, -0.15) is 0 Å². The van der Waals surface area contributed by atoms with E-state index in [1.807, 2.05) is 6.07 Å². The normalized spacial score (nSPS) is 28.6. The van der Waals surface area contributed by atoms with Crippen molar-refractivity contribution in [2.75, 3.05) is 0 Å². The summed E-state index contributed by atoms with van der Waals surface area (Å²) in [6, 6.07) is 8.94. The zero-order valence-corrected chi connectivity index (χ0v) is 9.41. The van der Waals surface area contributed by atoms with Crippen molar-refractivity contribution >= 4 is 0 Å². The maximum Gasteiger partial charge on any atom is 0.295 e. The maximum absolute atomic E-state index is 10.7. The number of rotatable bonds is 3. The molecular formula is C12H15NO4. The first kappa shape index (κ1) is 11.9. The van der Waals surface area contributed by atoms with E-state index in [9.17, 15) is 15.2 Å². The summed E-state index contributed by atoms with van der Waals surface area (Å²) in [4.78, 5) is 15.5. The minimum absolute atomic E-state index is 0.471. The lowest BCUT2D eigenvalue weighted by Gasteiger charge is -2.39. The Kier molecular flexibility index (Phi) is 3.28. The number of nitrogens with zero attached hydrogens (tertiary/aromatic N) is 1. The lowest BCUT2D eigenvalue weighted by molar-refractivity contribution is -0.788. The monoisotopic (exact) mass is 237 g/mol. The molecule has 1 saturated carbocycles. The molecule has 1 aromatic carbocycles. The molecule has 0 bridgehead atoms. The Morgan fingerprint density at radius 2 is 2.06 bits per heavy atom. The lowest BCUT2D eigenvalue weighted by Crippen LogP contribution is -2.45. The number of aliphatic hydroxyl groups is 1. The third kappa shape index (κ3) is 2.24. The van der Waals surface area contributed by atoms with Crippen molar-refractivity contribution in [1.29, 1.82) is 0 Å². The van der Waals surface area contributed by atoms with Crippen molar-refractivity contribution in [3.8, 4) is 0 Å². The third-order valence-corrected chi connectivity index (χ3v) is 3.31. The fraction of sp³-hybridized carbons (Fsp3) is 0.500. The molecule has 1 aliphatic rings. The van der Waals surface area contributed by atoms with Crippen LogP contribution in [0.3, 0.4) is 0 Å². The van der Waals surface area contributed by atoms with E-state index in [4.69, 9.17) is 4.84 Å². The van der Waals surface area contributed by atoms with Gasteiger partial charge < -0.3 is 5.11 Å². The number of hydrogen-bond acceptors (Lipinski definition) is 4. The van der Waals surface area contributed by atoms with Gasteiger partial charge in [-0.15, -0.1) is 10.1 Å². The number of hydrogen-bond donors (Lipinski definition) is 1. The number of benzene rings is 1. The summed E-state index contributed by atoms with van der Waals surface area (Å²) in [5.74, 6) is 0. The predicted octanol–water partition coefficient (Wildman–Crippen LogP) is 2.03. The van der Waals surface area contributed by atoms with Crippen LogP contribution in [-0.4, -0.2) is 16.3 Å². The van der Waals surface area contributed by atoms with Crippen LogP contribution in [0.1, 0.15) is 31.2 Å². The van der Waals surface area contributed by atoms with Gasteiger partial charge in [-0.05, 0) is 18.4 Å². The van der Waals surface area contributed by atoms with Gasteiger partial charge in [0.15, 0.2) is 5.60 Å². The molecule has 1 aliphatic carbocycles. The molecule has 0 heterocycles. The van der Waals surface area contributed by atoms with Crippen LogP contribution in [-0.2, 0) is 10.4 Å². The van der Waals surface area contributed by atoms with Crippen LogP contribution in [0.5, 0.6) is 0 Å². The highest BCUT2D eigenvalue weighted by atomic mass is 17.0. The second-order valence-electron chi connectivity index (χ2n) is 4.33. The van der Waals surface area contributed by atoms with Gasteiger partial charge in [0.05, 0.1) is 6.10 Å². The van der Waals surface area contributed by atoms with Crippen LogP contribution < -0.4 is 0 Å². The minimum atomic E-state index is -1.19. The van der Waals surface area contributed by atoms with Gasteiger partial charge >= 0.3 is 0 Å². The van der Waals surface area contributed by atoms with Crippen LogP contribution >= 0.6 is 0 Å². The van der Waals surface area contributed by atoms with Crippen molar-refractivity contribution in [3.05, 3.63) is 46.0 Å². The molecule has 5 nitrogen and oxygen atoms in total. The SMILES string of the molecule is O=[N+]([O-])O[C@@]1(c2ccccc2)CCCC[C@H]1O. The highest BCUT2D eigenvalue weighted by Gasteiger charge is 2.45. The highest BCUT2D eigenvalue weighted by molar-refractivity contribution is 5.24. The molecule has 1 N–H and O–H groups in total. The molecule has 5 heteroatoms. The van der Waals surface area contributed by atoms with E-state index in [-0.39, 0.29) is 0 Å². The van der Waals surface area contributed by atoms with Gasteiger partial charge in [-0.3, -0.25) is 4.84 Å². The van der Waals surface area contributed by atoms with Crippen molar-refractivity contribution in [3.63, 3.8) is 0 Å². The molecule has 1 aromatic rings. The Morgan fingerprint density at radius 3 is 2.65 bits per heavy atom. The molecule has 0 spiro atoms. The molecular weight excluding hydrogens is 222 g/mol. The molecule has 1 fully saturated rings. The first-order valence-corrected chi connectivity index (χ1v) is 5.72. The van der Waals surface area contributed by atoms with Gasteiger partial charge in [0.25, 0.3) is 5.09 Å². The Labute approximate surface area is 99.1 Å². The fourth-order valence-electron chi connectivity index (χ4n) is 2.47. The maximum atomic E-state index is 10.7. The Bertz CT molecular complexity index is 395. The molecule has 92 valence electrons. The zero-order valence-electron chi connectivity index (χ0n) is 9.41. The van der Waals surface area contributed by atoms with E-state index < -0.39 is 16.8 Å². The molecule has 0 aromatic heterocycles. The molecule has 2 rings (SSSR count). The average Bonchev–Trinajstić information content (AvgIpc) is 2.33. The molecule has 2 atom stereocenters. The van der Waals surface area contributed by atoms with E-state index in [0.29, 0.717) is 18.4 Å².